The Bertz CT molecular complexity index is 544. The lowest BCUT2D eigenvalue weighted by Crippen LogP contribution is -2.27. The highest BCUT2D eigenvalue weighted by Gasteiger charge is 2.30. The van der Waals surface area contributed by atoms with Crippen LogP contribution in [0, 0.1) is 16.0 Å². The van der Waals surface area contributed by atoms with Crippen LogP contribution in [0.15, 0.2) is 18.2 Å². The van der Waals surface area contributed by atoms with Crippen LogP contribution >= 0.6 is 0 Å². The van der Waals surface area contributed by atoms with Gasteiger partial charge in [0, 0.05) is 19.2 Å². The number of aliphatic hydroxyl groups excluding tert-OH is 1. The molecule has 0 aromatic heterocycles. The normalized spacial score (nSPS) is 19.9. The van der Waals surface area contributed by atoms with Crippen molar-refractivity contribution >= 4 is 17.3 Å². The molecule has 1 saturated heterocycles. The Hall–Kier alpha value is -2.15. The number of nitrogens with zero attached hydrogens (tertiary/aromatic N) is 2. The van der Waals surface area contributed by atoms with Crippen molar-refractivity contribution in [2.45, 2.75) is 19.4 Å². The lowest BCUT2D eigenvalue weighted by Gasteiger charge is -2.19. The summed E-state index contributed by atoms with van der Waals surface area (Å²) in [6, 6.07) is 4.64. The summed E-state index contributed by atoms with van der Waals surface area (Å²) in [4.78, 5) is 23.7. The first-order valence-electron chi connectivity index (χ1n) is 6.41. The quantitative estimate of drug-likeness (QED) is 0.630. The molecule has 7 heteroatoms. The minimum atomic E-state index is -0.764. The maximum absolute atomic E-state index is 11.2. The van der Waals surface area contributed by atoms with E-state index < -0.39 is 11.0 Å². The molecule has 20 heavy (non-hydrogen) atoms. The van der Waals surface area contributed by atoms with Gasteiger partial charge in [0.15, 0.2) is 0 Å². The first-order chi connectivity index (χ1) is 9.40. The number of nitrogens with two attached hydrogens (primary N) is 1. The van der Waals surface area contributed by atoms with E-state index in [9.17, 15) is 20.0 Å². The van der Waals surface area contributed by atoms with Crippen molar-refractivity contribution in [3.05, 3.63) is 33.9 Å². The topological polar surface area (TPSA) is 110 Å². The molecule has 1 amide bonds. The van der Waals surface area contributed by atoms with Crippen molar-refractivity contribution in [3.63, 3.8) is 0 Å². The first-order valence-corrected chi connectivity index (χ1v) is 6.41. The van der Waals surface area contributed by atoms with E-state index in [1.165, 1.54) is 6.07 Å². The summed E-state index contributed by atoms with van der Waals surface area (Å²) in [5.41, 5.74) is 6.16. The van der Waals surface area contributed by atoms with Gasteiger partial charge in [-0.15, -0.1) is 0 Å². The number of nitro benzene ring substituents is 1. The van der Waals surface area contributed by atoms with Crippen molar-refractivity contribution in [1.82, 2.24) is 0 Å². The molecule has 1 aliphatic heterocycles. The van der Waals surface area contributed by atoms with E-state index in [0.717, 1.165) is 0 Å². The monoisotopic (exact) mass is 279 g/mol. The molecular formula is C13H17N3O4. The Kier molecular flexibility index (Phi) is 3.89. The zero-order valence-electron chi connectivity index (χ0n) is 11.2. The molecule has 0 aliphatic carbocycles. The van der Waals surface area contributed by atoms with Crippen LogP contribution < -0.4 is 10.6 Å². The largest absolute Gasteiger partial charge is 0.389 e. The van der Waals surface area contributed by atoms with Gasteiger partial charge >= 0.3 is 0 Å². The summed E-state index contributed by atoms with van der Waals surface area (Å²) in [5, 5.41) is 20.7. The highest BCUT2D eigenvalue weighted by molar-refractivity contribution is 5.78. The van der Waals surface area contributed by atoms with Crippen LogP contribution in [0.3, 0.4) is 0 Å². The second-order valence-corrected chi connectivity index (χ2v) is 5.02. The van der Waals surface area contributed by atoms with Gasteiger partial charge in [-0.25, -0.2) is 0 Å². The van der Waals surface area contributed by atoms with Gasteiger partial charge in [0.2, 0.25) is 5.91 Å². The fraction of sp³-hybridized carbons (Fsp3) is 0.462. The summed E-state index contributed by atoms with van der Waals surface area (Å²) in [6.07, 6.45) is -0.162. The average Bonchev–Trinajstić information content (AvgIpc) is 2.87. The van der Waals surface area contributed by atoms with Crippen molar-refractivity contribution in [3.8, 4) is 0 Å². The van der Waals surface area contributed by atoms with Gasteiger partial charge in [0.1, 0.15) is 5.69 Å². The van der Waals surface area contributed by atoms with Crippen molar-refractivity contribution < 1.29 is 14.8 Å². The molecule has 1 unspecified atom stereocenters. The van der Waals surface area contributed by atoms with Crippen molar-refractivity contribution in [2.24, 2.45) is 11.7 Å². The van der Waals surface area contributed by atoms with Gasteiger partial charge in [-0.1, -0.05) is 6.07 Å². The molecule has 3 N–H and O–H groups in total. The summed E-state index contributed by atoms with van der Waals surface area (Å²) in [6.45, 7) is 2.50. The molecule has 1 fully saturated rings. The van der Waals surface area contributed by atoms with E-state index >= 15 is 0 Å². The number of hydrogen-bond acceptors (Lipinski definition) is 5. The lowest BCUT2D eigenvalue weighted by atomic mass is 10.1. The number of rotatable bonds is 4. The SMILES string of the molecule is C[C@@H](O)c1ccc(N2CCC(C(N)=O)C2)c([N+](=O)[O-])c1. The van der Waals surface area contributed by atoms with Gasteiger partial charge in [0.05, 0.1) is 16.9 Å². The van der Waals surface area contributed by atoms with Gasteiger partial charge in [0.25, 0.3) is 5.69 Å². The smallest absolute Gasteiger partial charge is 0.292 e. The van der Waals surface area contributed by atoms with Gasteiger partial charge in [-0.2, -0.15) is 0 Å². The van der Waals surface area contributed by atoms with Crippen molar-refractivity contribution in [1.29, 1.82) is 0 Å². The second kappa shape index (κ2) is 5.46. The molecule has 1 aliphatic rings. The van der Waals surface area contributed by atoms with Gasteiger partial charge < -0.3 is 15.7 Å². The Balaban J connectivity index is 2.32. The van der Waals surface area contributed by atoms with E-state index in [1.54, 1.807) is 24.0 Å². The predicted octanol–water partition coefficient (Wildman–Crippen LogP) is 0.960. The number of hydrogen-bond donors (Lipinski definition) is 2. The molecule has 0 saturated carbocycles. The zero-order valence-corrected chi connectivity index (χ0v) is 11.2. The Morgan fingerprint density at radius 2 is 2.30 bits per heavy atom. The van der Waals surface area contributed by atoms with E-state index in [1.807, 2.05) is 0 Å². The molecule has 2 rings (SSSR count). The van der Waals surface area contributed by atoms with Crippen molar-refractivity contribution in [2.75, 3.05) is 18.0 Å². The fourth-order valence-corrected chi connectivity index (χ4v) is 2.43. The highest BCUT2D eigenvalue weighted by Crippen LogP contribution is 2.34. The van der Waals surface area contributed by atoms with Crippen LogP contribution in [0.5, 0.6) is 0 Å². The molecule has 7 nitrogen and oxygen atoms in total. The van der Waals surface area contributed by atoms with Gasteiger partial charge in [-0.3, -0.25) is 14.9 Å². The Labute approximate surface area is 116 Å². The van der Waals surface area contributed by atoms with Crippen LogP contribution in [0.2, 0.25) is 0 Å². The van der Waals surface area contributed by atoms with Crippen LogP contribution in [0.1, 0.15) is 25.0 Å². The van der Waals surface area contributed by atoms with Gasteiger partial charge in [-0.05, 0) is 25.0 Å². The minimum Gasteiger partial charge on any atom is -0.389 e. The average molecular weight is 279 g/mol. The molecule has 1 aromatic rings. The van der Waals surface area contributed by atoms with E-state index in [-0.39, 0.29) is 17.5 Å². The van der Waals surface area contributed by atoms with E-state index in [0.29, 0.717) is 30.8 Å². The highest BCUT2D eigenvalue weighted by atomic mass is 16.6. The maximum atomic E-state index is 11.2. The molecule has 108 valence electrons. The number of anilines is 1. The number of benzene rings is 1. The third-order valence-corrected chi connectivity index (χ3v) is 3.61. The third-order valence-electron chi connectivity index (χ3n) is 3.61. The minimum absolute atomic E-state index is 0.0616. The lowest BCUT2D eigenvalue weighted by molar-refractivity contribution is -0.384. The standard InChI is InChI=1S/C13H17N3O4/c1-8(17)9-2-3-11(12(6-9)16(19)20)15-5-4-10(7-15)13(14)18/h2-3,6,8,10,17H,4-5,7H2,1H3,(H2,14,18)/t8-,10?/m1/s1. The second-order valence-electron chi connectivity index (χ2n) is 5.02. The number of carbonyl (C=O) groups excluding carboxylic acids is 1. The molecule has 0 radical (unpaired) electrons. The van der Waals surface area contributed by atoms with E-state index in [2.05, 4.69) is 0 Å². The third kappa shape index (κ3) is 2.72. The Morgan fingerprint density at radius 1 is 1.60 bits per heavy atom. The number of primary amides is 1. The first kappa shape index (κ1) is 14.3. The molecule has 1 aromatic carbocycles. The number of carbonyl (C=O) groups is 1. The van der Waals surface area contributed by atoms with Crippen LogP contribution in [-0.4, -0.2) is 29.0 Å². The molecule has 0 bridgehead atoms. The summed E-state index contributed by atoms with van der Waals surface area (Å²) in [7, 11) is 0. The molecular weight excluding hydrogens is 262 g/mol. The predicted molar refractivity (Wildman–Crippen MR) is 73.2 cm³/mol. The fourth-order valence-electron chi connectivity index (χ4n) is 2.43. The van der Waals surface area contributed by atoms with E-state index in [4.69, 9.17) is 5.73 Å². The number of aliphatic hydroxyl groups is 1. The molecule has 0 spiro atoms. The van der Waals surface area contributed by atoms with Crippen LogP contribution in [0.25, 0.3) is 0 Å². The Morgan fingerprint density at radius 3 is 2.80 bits per heavy atom. The summed E-state index contributed by atoms with van der Waals surface area (Å²) in [5.74, 6) is -0.651. The summed E-state index contributed by atoms with van der Waals surface area (Å²) >= 11 is 0. The zero-order chi connectivity index (χ0) is 14.9. The number of nitro groups is 1. The number of amides is 1. The molecule has 2 atom stereocenters. The molecule has 1 heterocycles. The maximum Gasteiger partial charge on any atom is 0.292 e. The van der Waals surface area contributed by atoms with Crippen LogP contribution in [-0.2, 0) is 4.79 Å². The van der Waals surface area contributed by atoms with Crippen LogP contribution in [0.4, 0.5) is 11.4 Å². The summed E-state index contributed by atoms with van der Waals surface area (Å²) < 4.78 is 0.